The minimum Gasteiger partial charge on any atom is -0.497 e. The zero-order chi connectivity index (χ0) is 16.4. The molecule has 0 aliphatic carbocycles. The molecule has 2 aromatic carbocycles. The molecule has 0 radical (unpaired) electrons. The summed E-state index contributed by atoms with van der Waals surface area (Å²) in [4.78, 5) is 24.1. The first-order valence-electron chi connectivity index (χ1n) is 6.72. The number of halogens is 1. The Balaban J connectivity index is 1.84. The summed E-state index contributed by atoms with van der Waals surface area (Å²) in [6.07, 6.45) is 0. The van der Waals surface area contributed by atoms with Crippen LogP contribution in [0.2, 0.25) is 0 Å². The lowest BCUT2D eigenvalue weighted by atomic mass is 10.1. The van der Waals surface area contributed by atoms with Crippen molar-refractivity contribution in [2.45, 2.75) is 0 Å². The van der Waals surface area contributed by atoms with Crippen molar-refractivity contribution in [1.82, 2.24) is 5.43 Å². The molecule has 6 nitrogen and oxygen atoms in total. The van der Waals surface area contributed by atoms with Crippen molar-refractivity contribution in [2.24, 2.45) is 5.10 Å². The van der Waals surface area contributed by atoms with Gasteiger partial charge in [-0.05, 0) is 59.0 Å². The van der Waals surface area contributed by atoms with Crippen LogP contribution in [0.1, 0.15) is 15.9 Å². The molecule has 116 valence electrons. The first-order valence-corrected chi connectivity index (χ1v) is 7.79. The summed E-state index contributed by atoms with van der Waals surface area (Å²) in [5.74, 6) is -0.181. The lowest BCUT2D eigenvalue weighted by molar-refractivity contribution is -0.110. The molecule has 0 fully saturated rings. The van der Waals surface area contributed by atoms with Gasteiger partial charge in [0.1, 0.15) is 5.75 Å². The summed E-state index contributed by atoms with van der Waals surface area (Å²) < 4.78 is 6.06. The number of hydrogen-bond donors (Lipinski definition) is 2. The predicted molar refractivity (Wildman–Crippen MR) is 94.8 cm³/mol. The Kier molecular flexibility index (Phi) is 4.28. The molecule has 0 spiro atoms. The molecule has 1 aliphatic rings. The van der Waals surface area contributed by atoms with Gasteiger partial charge in [0, 0.05) is 14.7 Å². The van der Waals surface area contributed by atoms with Gasteiger partial charge in [-0.1, -0.05) is 6.07 Å². The van der Waals surface area contributed by atoms with Gasteiger partial charge in [0.2, 0.25) is 0 Å². The second-order valence-electron chi connectivity index (χ2n) is 4.78. The largest absolute Gasteiger partial charge is 0.497 e. The number of methoxy groups -OCH3 is 1. The van der Waals surface area contributed by atoms with Crippen molar-refractivity contribution >= 4 is 45.8 Å². The molecule has 0 unspecified atom stereocenters. The van der Waals surface area contributed by atoms with Crippen LogP contribution in [0.15, 0.2) is 47.6 Å². The smallest absolute Gasteiger partial charge is 0.276 e. The molecule has 0 atom stereocenters. The molecular weight excluding hydrogens is 409 g/mol. The fraction of sp³-hybridized carbons (Fsp3) is 0.0625. The SMILES string of the molecule is COc1cccc(C(=O)N/N=C2/C(=O)Nc3ccc(I)cc32)c1. The van der Waals surface area contributed by atoms with Crippen molar-refractivity contribution in [3.05, 3.63) is 57.2 Å². The number of ether oxygens (including phenoxy) is 1. The Bertz CT molecular complexity index is 833. The van der Waals surface area contributed by atoms with E-state index in [0.717, 1.165) is 3.57 Å². The third kappa shape index (κ3) is 3.19. The topological polar surface area (TPSA) is 79.8 Å². The number of carbonyl (C=O) groups is 2. The molecule has 0 aromatic heterocycles. The Morgan fingerprint density at radius 3 is 2.87 bits per heavy atom. The summed E-state index contributed by atoms with van der Waals surface area (Å²) in [5, 5.41) is 6.69. The van der Waals surface area contributed by atoms with Gasteiger partial charge in [0.15, 0.2) is 5.71 Å². The van der Waals surface area contributed by atoms with Crippen molar-refractivity contribution in [2.75, 3.05) is 12.4 Å². The lowest BCUT2D eigenvalue weighted by Gasteiger charge is -2.04. The van der Waals surface area contributed by atoms with Gasteiger partial charge < -0.3 is 10.1 Å². The molecule has 1 heterocycles. The van der Waals surface area contributed by atoms with E-state index in [1.54, 1.807) is 30.3 Å². The fourth-order valence-electron chi connectivity index (χ4n) is 2.17. The van der Waals surface area contributed by atoms with E-state index in [9.17, 15) is 9.59 Å². The average molecular weight is 421 g/mol. The van der Waals surface area contributed by atoms with E-state index in [1.165, 1.54) is 7.11 Å². The Labute approximate surface area is 146 Å². The summed E-state index contributed by atoms with van der Waals surface area (Å²) in [5.41, 5.74) is 4.36. The van der Waals surface area contributed by atoms with E-state index >= 15 is 0 Å². The lowest BCUT2D eigenvalue weighted by Crippen LogP contribution is -2.23. The molecule has 2 aromatic rings. The number of benzene rings is 2. The molecule has 2 amide bonds. The minimum atomic E-state index is -0.414. The highest BCUT2D eigenvalue weighted by Crippen LogP contribution is 2.25. The quantitative estimate of drug-likeness (QED) is 0.590. The van der Waals surface area contributed by atoms with Gasteiger partial charge in [-0.15, -0.1) is 0 Å². The van der Waals surface area contributed by atoms with Crippen LogP contribution >= 0.6 is 22.6 Å². The number of hydrogen-bond acceptors (Lipinski definition) is 4. The number of amides is 2. The van der Waals surface area contributed by atoms with Crippen molar-refractivity contribution in [1.29, 1.82) is 0 Å². The van der Waals surface area contributed by atoms with Gasteiger partial charge in [0.05, 0.1) is 12.8 Å². The molecule has 7 heteroatoms. The minimum absolute atomic E-state index is 0.190. The molecule has 0 saturated heterocycles. The maximum absolute atomic E-state index is 12.1. The number of nitrogens with one attached hydrogen (secondary N) is 2. The fourth-order valence-corrected chi connectivity index (χ4v) is 2.66. The number of rotatable bonds is 3. The van der Waals surface area contributed by atoms with E-state index in [2.05, 4.69) is 38.4 Å². The monoisotopic (exact) mass is 421 g/mol. The molecule has 23 heavy (non-hydrogen) atoms. The molecule has 1 aliphatic heterocycles. The second kappa shape index (κ2) is 6.37. The third-order valence-corrected chi connectivity index (χ3v) is 3.97. The van der Waals surface area contributed by atoms with Gasteiger partial charge in [-0.3, -0.25) is 9.59 Å². The first-order chi connectivity index (χ1) is 11.1. The average Bonchev–Trinajstić information content (AvgIpc) is 2.87. The van der Waals surface area contributed by atoms with Crippen molar-refractivity contribution in [3.8, 4) is 5.75 Å². The summed E-state index contributed by atoms with van der Waals surface area (Å²) in [6, 6.07) is 12.2. The Morgan fingerprint density at radius 2 is 2.09 bits per heavy atom. The van der Waals surface area contributed by atoms with Crippen LogP contribution in [0, 0.1) is 3.57 Å². The normalized spacial score (nSPS) is 14.3. The maximum Gasteiger partial charge on any atom is 0.276 e. The molecular formula is C16H12IN3O3. The van der Waals surface area contributed by atoms with Gasteiger partial charge in [0.25, 0.3) is 11.8 Å². The predicted octanol–water partition coefficient (Wildman–Crippen LogP) is 2.39. The van der Waals surface area contributed by atoms with Gasteiger partial charge in [-0.25, -0.2) is 5.43 Å². The van der Waals surface area contributed by atoms with E-state index < -0.39 is 5.91 Å². The van der Waals surface area contributed by atoms with E-state index in [-0.39, 0.29) is 11.6 Å². The van der Waals surface area contributed by atoms with E-state index in [0.29, 0.717) is 22.6 Å². The number of anilines is 1. The summed E-state index contributed by atoms with van der Waals surface area (Å²) in [6.45, 7) is 0. The van der Waals surface area contributed by atoms with Crippen LogP contribution in [-0.2, 0) is 4.79 Å². The Hall–Kier alpha value is -2.42. The molecule has 3 rings (SSSR count). The number of carbonyl (C=O) groups excluding carboxylic acids is 2. The van der Waals surface area contributed by atoms with Gasteiger partial charge in [-0.2, -0.15) is 5.10 Å². The molecule has 0 saturated carbocycles. The van der Waals surface area contributed by atoms with Crippen LogP contribution in [0.3, 0.4) is 0 Å². The van der Waals surface area contributed by atoms with Crippen LogP contribution in [-0.4, -0.2) is 24.6 Å². The number of fused-ring (bicyclic) bond motifs is 1. The standard InChI is InChI=1S/C16H12IN3O3/c1-23-11-4-2-3-9(7-11)15(21)20-19-14-12-8-10(17)5-6-13(12)18-16(14)22/h2-8H,1H3,(H,20,21)(H,18,19,22). The van der Waals surface area contributed by atoms with Crippen LogP contribution < -0.4 is 15.5 Å². The van der Waals surface area contributed by atoms with Crippen LogP contribution in [0.25, 0.3) is 0 Å². The van der Waals surface area contributed by atoms with Crippen LogP contribution in [0.5, 0.6) is 5.75 Å². The summed E-state index contributed by atoms with van der Waals surface area (Å²) >= 11 is 2.15. The zero-order valence-electron chi connectivity index (χ0n) is 12.1. The number of hydrazone groups is 1. The molecule has 2 N–H and O–H groups in total. The highest BCUT2D eigenvalue weighted by Gasteiger charge is 2.26. The van der Waals surface area contributed by atoms with Crippen molar-refractivity contribution in [3.63, 3.8) is 0 Å². The molecule has 0 bridgehead atoms. The van der Waals surface area contributed by atoms with E-state index in [1.807, 2.05) is 12.1 Å². The van der Waals surface area contributed by atoms with Gasteiger partial charge >= 0.3 is 0 Å². The Morgan fingerprint density at radius 1 is 1.26 bits per heavy atom. The van der Waals surface area contributed by atoms with E-state index in [4.69, 9.17) is 4.74 Å². The highest BCUT2D eigenvalue weighted by atomic mass is 127. The first kappa shape index (κ1) is 15.5. The van der Waals surface area contributed by atoms with Crippen LogP contribution in [0.4, 0.5) is 5.69 Å². The third-order valence-electron chi connectivity index (χ3n) is 3.30. The zero-order valence-corrected chi connectivity index (χ0v) is 14.2. The maximum atomic E-state index is 12.1. The number of nitrogens with zero attached hydrogens (tertiary/aromatic N) is 1. The van der Waals surface area contributed by atoms with Crippen molar-refractivity contribution < 1.29 is 14.3 Å². The highest BCUT2D eigenvalue weighted by molar-refractivity contribution is 14.1. The second-order valence-corrected chi connectivity index (χ2v) is 6.02. The summed E-state index contributed by atoms with van der Waals surface area (Å²) in [7, 11) is 1.53.